The standard InChI is InChI=1S/C112H72N2O2/c1-4-37-95-74(20-1)23-14-41-98(95)77-52-50-73(51-53-77)81-27-10-33-91(68-81)113(93-35-12-30-87(70-93)100-42-15-24-75-21-2-5-38-96(75)100)89-62-56-79(57-63-89)104-46-19-48-107-108-72-84(59-65-110(108)116-112(104)107)83-58-64-102-86(67-83)32-17-44-99(102)85-29-9-26-80(66-85)82-28-11-34-92(69-82)114(94-36-13-31-88(71-94)101-43-16-25-76-22-3-6-39-97(76)101)90-60-54-78(55-61-90)103-45-18-47-106-105-40-7-8-49-109(105)115-111(103)106/h1-72H. The second-order valence-corrected chi connectivity index (χ2v) is 30.2. The molecule has 0 fully saturated rings. The fourth-order valence-corrected chi connectivity index (χ4v) is 17.8. The molecule has 0 saturated carbocycles. The van der Waals surface area contributed by atoms with Crippen molar-refractivity contribution in [3.05, 3.63) is 437 Å². The van der Waals surface area contributed by atoms with Gasteiger partial charge in [0.1, 0.15) is 22.3 Å². The summed E-state index contributed by atoms with van der Waals surface area (Å²) in [5.74, 6) is 0. The number of anilines is 6. The molecule has 2 heterocycles. The summed E-state index contributed by atoms with van der Waals surface area (Å²) in [7, 11) is 0. The molecular weight excluding hydrogens is 1410 g/mol. The molecule has 4 nitrogen and oxygen atoms in total. The zero-order valence-corrected chi connectivity index (χ0v) is 63.3. The Hall–Kier alpha value is -15.4. The molecule has 22 aromatic rings. The highest BCUT2D eigenvalue weighted by atomic mass is 16.3. The molecule has 0 saturated heterocycles. The van der Waals surface area contributed by atoms with E-state index in [1.165, 1.54) is 70.9 Å². The van der Waals surface area contributed by atoms with Crippen LogP contribution in [-0.2, 0) is 0 Å². The van der Waals surface area contributed by atoms with Gasteiger partial charge in [0.2, 0.25) is 0 Å². The average molecular weight is 1480 g/mol. The van der Waals surface area contributed by atoms with E-state index in [1.807, 2.05) is 12.1 Å². The SMILES string of the molecule is c1cc(-c2cccc(N(c3ccc(-c4cccc5c4oc4ccccc45)cc3)c3cccc(-c4cccc5ccccc45)c3)c2)cc(-c2cccc3cc(-c4ccc5oc6c(-c7ccc(N(c8cccc(-c9ccc(-c%10cccc%11ccccc%10%11)cc9)c8)c8cccc(-c9cccc%10ccccc9%10)c8)cc7)cccc6c5c4)ccc23)c1. The molecule has 542 valence electrons. The molecule has 0 atom stereocenters. The van der Waals surface area contributed by atoms with E-state index in [9.17, 15) is 0 Å². The Kier molecular flexibility index (Phi) is 16.6. The van der Waals surface area contributed by atoms with Gasteiger partial charge < -0.3 is 18.6 Å². The van der Waals surface area contributed by atoms with Crippen molar-refractivity contribution in [3.8, 4) is 100 Å². The van der Waals surface area contributed by atoms with Crippen LogP contribution in [0.15, 0.2) is 446 Å². The van der Waals surface area contributed by atoms with Gasteiger partial charge in [0.25, 0.3) is 0 Å². The monoisotopic (exact) mass is 1480 g/mol. The lowest BCUT2D eigenvalue weighted by Crippen LogP contribution is -2.10. The molecule has 0 N–H and O–H groups in total. The predicted octanol–water partition coefficient (Wildman–Crippen LogP) is 32.0. The van der Waals surface area contributed by atoms with Crippen molar-refractivity contribution in [3.63, 3.8) is 0 Å². The number of hydrogen-bond acceptors (Lipinski definition) is 4. The molecule has 0 amide bonds. The minimum absolute atomic E-state index is 0.850. The Morgan fingerprint density at radius 1 is 0.138 bits per heavy atom. The zero-order chi connectivity index (χ0) is 76.6. The highest BCUT2D eigenvalue weighted by molar-refractivity contribution is 6.13. The number of benzene rings is 20. The Morgan fingerprint density at radius 3 is 0.948 bits per heavy atom. The van der Waals surface area contributed by atoms with Gasteiger partial charge in [0.15, 0.2) is 0 Å². The quantitative estimate of drug-likeness (QED) is 0.102. The van der Waals surface area contributed by atoms with E-state index in [-0.39, 0.29) is 0 Å². The smallest absolute Gasteiger partial charge is 0.143 e. The molecule has 20 aromatic carbocycles. The number of rotatable bonds is 15. The molecular formula is C112H72N2O2. The van der Waals surface area contributed by atoms with Crippen molar-refractivity contribution < 1.29 is 8.83 Å². The van der Waals surface area contributed by atoms with Crippen LogP contribution in [0.25, 0.3) is 187 Å². The molecule has 22 rings (SSSR count). The number of fused-ring (bicyclic) bond motifs is 10. The summed E-state index contributed by atoms with van der Waals surface area (Å²) < 4.78 is 13.5. The first-order chi connectivity index (χ1) is 57.5. The fourth-order valence-electron chi connectivity index (χ4n) is 17.8. The zero-order valence-electron chi connectivity index (χ0n) is 63.3. The third-order valence-corrected chi connectivity index (χ3v) is 23.4. The Labute approximate surface area is 672 Å². The Morgan fingerprint density at radius 2 is 0.431 bits per heavy atom. The van der Waals surface area contributed by atoms with Crippen molar-refractivity contribution in [1.82, 2.24) is 0 Å². The van der Waals surface area contributed by atoms with Crippen LogP contribution >= 0.6 is 0 Å². The van der Waals surface area contributed by atoms with Gasteiger partial charge in [0, 0.05) is 66.8 Å². The summed E-state index contributed by atoms with van der Waals surface area (Å²) in [6.07, 6.45) is 0. The largest absolute Gasteiger partial charge is 0.455 e. The van der Waals surface area contributed by atoms with Crippen LogP contribution < -0.4 is 9.80 Å². The maximum absolute atomic E-state index is 6.92. The van der Waals surface area contributed by atoms with Crippen molar-refractivity contribution in [2.45, 2.75) is 0 Å². The van der Waals surface area contributed by atoms with Crippen molar-refractivity contribution in [2.24, 2.45) is 0 Å². The maximum Gasteiger partial charge on any atom is 0.143 e. The first kappa shape index (κ1) is 67.5. The van der Waals surface area contributed by atoms with Gasteiger partial charge >= 0.3 is 0 Å². The number of hydrogen-bond donors (Lipinski definition) is 0. The summed E-state index contributed by atoms with van der Waals surface area (Å²) in [6.45, 7) is 0. The van der Waals surface area contributed by atoms with Crippen molar-refractivity contribution in [2.75, 3.05) is 9.80 Å². The normalized spacial score (nSPS) is 11.6. The molecule has 0 radical (unpaired) electrons. The number of furan rings is 2. The van der Waals surface area contributed by atoms with Crippen LogP contribution in [0.1, 0.15) is 0 Å². The van der Waals surface area contributed by atoms with Gasteiger partial charge in [-0.25, -0.2) is 0 Å². The van der Waals surface area contributed by atoms with Crippen LogP contribution in [-0.4, -0.2) is 0 Å². The van der Waals surface area contributed by atoms with E-state index in [4.69, 9.17) is 8.83 Å². The molecule has 2 aromatic heterocycles. The van der Waals surface area contributed by atoms with E-state index in [2.05, 4.69) is 434 Å². The summed E-state index contributed by atoms with van der Waals surface area (Å²) in [4.78, 5) is 4.77. The highest BCUT2D eigenvalue weighted by Gasteiger charge is 2.22. The fraction of sp³-hybridized carbons (Fsp3) is 0. The van der Waals surface area contributed by atoms with E-state index in [1.54, 1.807) is 0 Å². The summed E-state index contributed by atoms with van der Waals surface area (Å²) in [6, 6.07) is 159. The second kappa shape index (κ2) is 28.4. The summed E-state index contributed by atoms with van der Waals surface area (Å²) >= 11 is 0. The molecule has 0 spiro atoms. The van der Waals surface area contributed by atoms with Gasteiger partial charge in [-0.05, 0) is 235 Å². The lowest BCUT2D eigenvalue weighted by molar-refractivity contribution is 0.669. The van der Waals surface area contributed by atoms with Crippen molar-refractivity contribution >= 4 is 121 Å². The molecule has 0 aliphatic heterocycles. The lowest BCUT2D eigenvalue weighted by Gasteiger charge is -2.27. The average Bonchev–Trinajstić information content (AvgIpc) is 1.79. The van der Waals surface area contributed by atoms with Crippen molar-refractivity contribution in [1.29, 1.82) is 0 Å². The Bertz CT molecular complexity index is 7580. The van der Waals surface area contributed by atoms with Crippen LogP contribution in [0.5, 0.6) is 0 Å². The number of para-hydroxylation sites is 3. The first-order valence-corrected chi connectivity index (χ1v) is 39.7. The van der Waals surface area contributed by atoms with Gasteiger partial charge in [-0.1, -0.05) is 334 Å². The van der Waals surface area contributed by atoms with Crippen LogP contribution in [0.4, 0.5) is 34.1 Å². The summed E-state index contributed by atoms with van der Waals surface area (Å²) in [5.41, 5.74) is 30.3. The van der Waals surface area contributed by atoms with Gasteiger partial charge in [-0.2, -0.15) is 0 Å². The third-order valence-electron chi connectivity index (χ3n) is 23.4. The van der Waals surface area contributed by atoms with Gasteiger partial charge in [-0.3, -0.25) is 0 Å². The lowest BCUT2D eigenvalue weighted by atomic mass is 9.93. The molecule has 116 heavy (non-hydrogen) atoms. The molecule has 0 aliphatic carbocycles. The van der Waals surface area contributed by atoms with Crippen LogP contribution in [0, 0.1) is 0 Å². The van der Waals surface area contributed by atoms with Gasteiger partial charge in [-0.15, -0.1) is 0 Å². The topological polar surface area (TPSA) is 32.8 Å². The van der Waals surface area contributed by atoms with E-state index in [0.29, 0.717) is 0 Å². The predicted molar refractivity (Wildman–Crippen MR) is 489 cm³/mol. The summed E-state index contributed by atoms with van der Waals surface area (Å²) in [5, 5.41) is 14.1. The van der Waals surface area contributed by atoms with Crippen LogP contribution in [0.3, 0.4) is 0 Å². The first-order valence-electron chi connectivity index (χ1n) is 39.7. The Balaban J connectivity index is 0.566. The molecule has 0 bridgehead atoms. The molecule has 0 unspecified atom stereocenters. The molecule has 4 heteroatoms. The maximum atomic E-state index is 6.92. The van der Waals surface area contributed by atoms with Gasteiger partial charge in [0.05, 0.1) is 0 Å². The van der Waals surface area contributed by atoms with E-state index < -0.39 is 0 Å². The molecule has 0 aliphatic rings. The second-order valence-electron chi connectivity index (χ2n) is 30.2. The van der Waals surface area contributed by atoms with E-state index >= 15 is 0 Å². The van der Waals surface area contributed by atoms with E-state index in [0.717, 1.165) is 150 Å². The minimum atomic E-state index is 0.850. The highest BCUT2D eigenvalue weighted by Crippen LogP contribution is 2.47. The number of nitrogens with zero attached hydrogens (tertiary/aromatic N) is 2. The van der Waals surface area contributed by atoms with Crippen LogP contribution in [0.2, 0.25) is 0 Å². The minimum Gasteiger partial charge on any atom is -0.455 e. The third kappa shape index (κ3) is 12.1.